The molecule has 0 unspecified atom stereocenters. The molecule has 36 heavy (non-hydrogen) atoms. The molecule has 6 heteroatoms. The highest BCUT2D eigenvalue weighted by atomic mass is 16.5. The molecular formula is C30H27NO5. The van der Waals surface area contributed by atoms with Crippen molar-refractivity contribution in [2.45, 2.75) is 26.2 Å². The highest BCUT2D eigenvalue weighted by Gasteiger charge is 2.22. The Morgan fingerprint density at radius 3 is 2.47 bits per heavy atom. The summed E-state index contributed by atoms with van der Waals surface area (Å²) in [5.41, 5.74) is 5.90. The molecule has 182 valence electrons. The minimum absolute atomic E-state index is 0.136. The topological polar surface area (TPSA) is 77.8 Å². The van der Waals surface area contributed by atoms with Crippen LogP contribution >= 0.6 is 0 Å². The first-order chi connectivity index (χ1) is 17.5. The lowest BCUT2D eigenvalue weighted by Crippen LogP contribution is -2.17. The smallest absolute Gasteiger partial charge is 0.360 e. The van der Waals surface area contributed by atoms with Crippen LogP contribution in [-0.4, -0.2) is 20.1 Å². The summed E-state index contributed by atoms with van der Waals surface area (Å²) in [7, 11) is 3.12. The van der Waals surface area contributed by atoms with Crippen LogP contribution in [0.4, 0.5) is 5.69 Å². The summed E-state index contributed by atoms with van der Waals surface area (Å²) in [5.74, 6) is 0.722. The van der Waals surface area contributed by atoms with Crippen LogP contribution in [0.3, 0.4) is 0 Å². The van der Waals surface area contributed by atoms with E-state index in [1.54, 1.807) is 32.4 Å². The van der Waals surface area contributed by atoms with Gasteiger partial charge in [-0.3, -0.25) is 4.79 Å². The fraction of sp³-hybridized carbons (Fsp3) is 0.200. The third kappa shape index (κ3) is 4.38. The van der Waals surface area contributed by atoms with Gasteiger partial charge in [0.25, 0.3) is 0 Å². The second-order valence-electron chi connectivity index (χ2n) is 8.86. The van der Waals surface area contributed by atoms with E-state index < -0.39 is 11.5 Å². The number of methoxy groups -OCH3 is 2. The minimum atomic E-state index is -0.577. The lowest BCUT2D eigenvalue weighted by molar-refractivity contribution is -0.111. The fourth-order valence-corrected chi connectivity index (χ4v) is 4.81. The first-order valence-electron chi connectivity index (χ1n) is 11.9. The molecule has 0 atom stereocenters. The number of ether oxygens (including phenoxy) is 2. The molecule has 0 saturated heterocycles. The third-order valence-corrected chi connectivity index (χ3v) is 6.62. The summed E-state index contributed by atoms with van der Waals surface area (Å²) in [6.07, 6.45) is 6.09. The second-order valence-corrected chi connectivity index (χ2v) is 8.86. The van der Waals surface area contributed by atoms with Gasteiger partial charge >= 0.3 is 5.63 Å². The zero-order valence-corrected chi connectivity index (χ0v) is 20.5. The maximum absolute atomic E-state index is 13.2. The maximum Gasteiger partial charge on any atom is 0.360 e. The van der Waals surface area contributed by atoms with E-state index in [1.165, 1.54) is 17.2 Å². The van der Waals surface area contributed by atoms with Gasteiger partial charge in [0, 0.05) is 17.0 Å². The average molecular weight is 482 g/mol. The number of anilines is 1. The van der Waals surface area contributed by atoms with Crippen LogP contribution in [0, 0.1) is 6.92 Å². The number of carbonyl (C=O) groups is 1. The molecule has 0 aliphatic heterocycles. The van der Waals surface area contributed by atoms with E-state index in [0.717, 1.165) is 41.3 Å². The van der Waals surface area contributed by atoms with E-state index in [1.807, 2.05) is 43.3 Å². The summed E-state index contributed by atoms with van der Waals surface area (Å²) in [6.45, 7) is 1.99. The highest BCUT2D eigenvalue weighted by Crippen LogP contribution is 2.38. The minimum Gasteiger partial charge on any atom is -0.493 e. The van der Waals surface area contributed by atoms with Gasteiger partial charge in [-0.15, -0.1) is 0 Å². The average Bonchev–Trinajstić information content (AvgIpc) is 3.34. The monoisotopic (exact) mass is 481 g/mol. The zero-order valence-electron chi connectivity index (χ0n) is 20.5. The Kier molecular flexibility index (Phi) is 6.34. The number of carbonyl (C=O) groups excluding carboxylic acids is 1. The van der Waals surface area contributed by atoms with Gasteiger partial charge in [0.15, 0.2) is 11.5 Å². The summed E-state index contributed by atoms with van der Waals surface area (Å²) in [6, 6.07) is 17.3. The molecule has 1 aliphatic carbocycles. The predicted molar refractivity (Wildman–Crippen MR) is 142 cm³/mol. The Morgan fingerprint density at radius 2 is 1.72 bits per heavy atom. The van der Waals surface area contributed by atoms with Gasteiger partial charge in [0.1, 0.15) is 11.3 Å². The summed E-state index contributed by atoms with van der Waals surface area (Å²) >= 11 is 0. The Bertz CT molecular complexity index is 1560. The molecule has 3 aromatic carbocycles. The largest absolute Gasteiger partial charge is 0.493 e. The van der Waals surface area contributed by atoms with Gasteiger partial charge in [0.05, 0.1) is 14.2 Å². The van der Waals surface area contributed by atoms with Gasteiger partial charge < -0.3 is 19.2 Å². The number of amides is 1. The fourth-order valence-electron chi connectivity index (χ4n) is 4.81. The molecule has 1 aliphatic rings. The predicted octanol–water partition coefficient (Wildman–Crippen LogP) is 5.93. The van der Waals surface area contributed by atoms with Crippen molar-refractivity contribution in [1.29, 1.82) is 0 Å². The van der Waals surface area contributed by atoms with Gasteiger partial charge in [-0.25, -0.2) is 4.79 Å². The molecule has 1 amide bonds. The van der Waals surface area contributed by atoms with Crippen molar-refractivity contribution >= 4 is 28.6 Å². The van der Waals surface area contributed by atoms with Crippen molar-refractivity contribution in [3.8, 4) is 22.6 Å². The molecule has 0 radical (unpaired) electrons. The molecule has 0 saturated carbocycles. The Labute approximate surface area is 209 Å². The summed E-state index contributed by atoms with van der Waals surface area (Å²) in [4.78, 5) is 26.1. The van der Waals surface area contributed by atoms with E-state index in [4.69, 9.17) is 13.9 Å². The Balaban J connectivity index is 1.57. The molecule has 0 bridgehead atoms. The number of fused-ring (bicyclic) bond motifs is 2. The summed E-state index contributed by atoms with van der Waals surface area (Å²) in [5, 5.41) is 3.62. The molecular weight excluding hydrogens is 454 g/mol. The highest BCUT2D eigenvalue weighted by molar-refractivity contribution is 6.08. The van der Waals surface area contributed by atoms with Gasteiger partial charge in [-0.2, -0.15) is 0 Å². The quantitative estimate of drug-likeness (QED) is 0.273. The van der Waals surface area contributed by atoms with Crippen LogP contribution in [0.15, 0.2) is 69.9 Å². The van der Waals surface area contributed by atoms with Crippen molar-refractivity contribution in [2.24, 2.45) is 0 Å². The van der Waals surface area contributed by atoms with Crippen molar-refractivity contribution < 1.29 is 18.7 Å². The van der Waals surface area contributed by atoms with E-state index in [2.05, 4.69) is 11.4 Å². The van der Waals surface area contributed by atoms with Crippen molar-refractivity contribution in [2.75, 3.05) is 19.5 Å². The van der Waals surface area contributed by atoms with Crippen LogP contribution in [-0.2, 0) is 17.6 Å². The van der Waals surface area contributed by atoms with Gasteiger partial charge in [-0.05, 0) is 84.3 Å². The lowest BCUT2D eigenvalue weighted by atomic mass is 9.94. The molecule has 0 spiro atoms. The number of nitrogens with one attached hydrogen (secondary N) is 1. The molecule has 6 nitrogen and oxygen atoms in total. The van der Waals surface area contributed by atoms with E-state index in [-0.39, 0.29) is 5.69 Å². The number of aryl methyl sites for hydroxylation is 3. The molecule has 1 heterocycles. The van der Waals surface area contributed by atoms with Gasteiger partial charge in [-0.1, -0.05) is 30.3 Å². The molecule has 1 aromatic heterocycles. The van der Waals surface area contributed by atoms with Crippen LogP contribution in [0.2, 0.25) is 0 Å². The first kappa shape index (κ1) is 23.4. The van der Waals surface area contributed by atoms with Crippen molar-refractivity contribution in [1.82, 2.24) is 0 Å². The number of hydrogen-bond donors (Lipinski definition) is 1. The standard InChI is InChI=1S/C30H27NO5/c1-18-7-4-5-10-22(18)28-23-16-20-8-6-9-21(20)17-25(23)36-30(33)29(28)31-27(32)14-12-19-11-13-24(34-2)26(15-19)35-3/h4-5,7,10-17H,6,8-9H2,1-3H3,(H,31,32)/b14-12+. The van der Waals surface area contributed by atoms with Crippen LogP contribution in [0.1, 0.15) is 28.7 Å². The van der Waals surface area contributed by atoms with Crippen molar-refractivity contribution in [3.63, 3.8) is 0 Å². The Hall–Kier alpha value is -4.32. The number of rotatable bonds is 6. The molecule has 0 fully saturated rings. The number of hydrogen-bond acceptors (Lipinski definition) is 5. The molecule has 4 aromatic rings. The zero-order chi connectivity index (χ0) is 25.2. The normalized spacial score (nSPS) is 12.6. The SMILES string of the molecule is COc1ccc(/C=C/C(=O)Nc2c(-c3ccccc3C)c3cc4c(cc3oc2=O)CCC4)cc1OC. The van der Waals surface area contributed by atoms with E-state index in [9.17, 15) is 9.59 Å². The second kappa shape index (κ2) is 9.74. The molecule has 5 rings (SSSR count). The summed E-state index contributed by atoms with van der Waals surface area (Å²) < 4.78 is 16.3. The van der Waals surface area contributed by atoms with Gasteiger partial charge in [0.2, 0.25) is 5.91 Å². The lowest BCUT2D eigenvalue weighted by Gasteiger charge is -2.15. The van der Waals surface area contributed by atoms with Crippen LogP contribution < -0.4 is 20.4 Å². The van der Waals surface area contributed by atoms with E-state index in [0.29, 0.717) is 22.6 Å². The van der Waals surface area contributed by atoms with Crippen LogP contribution in [0.25, 0.3) is 28.2 Å². The van der Waals surface area contributed by atoms with Crippen molar-refractivity contribution in [3.05, 3.63) is 93.3 Å². The van der Waals surface area contributed by atoms with Crippen LogP contribution in [0.5, 0.6) is 11.5 Å². The first-order valence-corrected chi connectivity index (χ1v) is 11.9. The third-order valence-electron chi connectivity index (χ3n) is 6.62. The molecule has 1 N–H and O–H groups in total. The number of benzene rings is 3. The van der Waals surface area contributed by atoms with E-state index >= 15 is 0 Å². The maximum atomic E-state index is 13.2. The Morgan fingerprint density at radius 1 is 0.972 bits per heavy atom.